The van der Waals surface area contributed by atoms with E-state index in [0.717, 1.165) is 57.9 Å². The molecule has 5 rings (SSSR count). The zero-order valence-corrected chi connectivity index (χ0v) is 15.7. The number of epoxide rings is 1. The number of piperidine rings is 1. The molecule has 0 bridgehead atoms. The summed E-state index contributed by atoms with van der Waals surface area (Å²) in [5.74, 6) is 0.300. The average Bonchev–Trinajstić information content (AvgIpc) is 3.52. The quantitative estimate of drug-likeness (QED) is 0.483. The number of nitrogens with one attached hydrogen (secondary N) is 1. The first-order valence-corrected chi connectivity index (χ1v) is 10.2. The number of ether oxygens (including phenoxy) is 2. The number of rotatable bonds is 3. The van der Waals surface area contributed by atoms with E-state index in [9.17, 15) is 4.79 Å². The fourth-order valence-corrected chi connectivity index (χ4v) is 5.47. The highest BCUT2D eigenvalue weighted by Gasteiger charge is 2.60. The highest BCUT2D eigenvalue weighted by molar-refractivity contribution is 5.93. The van der Waals surface area contributed by atoms with E-state index in [1.54, 1.807) is 11.5 Å². The Morgan fingerprint density at radius 1 is 1.26 bits per heavy atom. The van der Waals surface area contributed by atoms with Gasteiger partial charge in [-0.25, -0.2) is 5.48 Å². The number of carbonyl (C=O) groups excluding carboxylic acids is 1. The van der Waals surface area contributed by atoms with Crippen LogP contribution < -0.4 is 5.48 Å². The van der Waals surface area contributed by atoms with E-state index < -0.39 is 5.91 Å². The van der Waals surface area contributed by atoms with Crippen LogP contribution in [0, 0.1) is 11.3 Å². The molecule has 146 valence electrons. The van der Waals surface area contributed by atoms with Crippen molar-refractivity contribution < 1.29 is 19.5 Å². The molecule has 1 aromatic rings. The summed E-state index contributed by atoms with van der Waals surface area (Å²) in [4.78, 5) is 14.3. The smallest absolute Gasteiger partial charge is 0.274 e. The lowest BCUT2D eigenvalue weighted by atomic mass is 9.65. The molecule has 3 aliphatic heterocycles. The Bertz CT molecular complexity index is 733. The highest BCUT2D eigenvalue weighted by Crippen LogP contribution is 2.53. The summed E-state index contributed by atoms with van der Waals surface area (Å²) in [5, 5.41) is 8.91. The standard InChI is InChI=1S/C21H28N2O4/c24-19(22-25)16-2-1-15-3-6-21(12-17(15)11-16)7-8-23(20-18(21)27-20)13-14-4-9-26-10-5-14/h1-2,11,14,18,20,25H,3-10,12-13H2,(H,22,24)/t18?,20?,21-/m0/s1. The normalized spacial score (nSPS) is 33.4. The number of amides is 1. The number of benzene rings is 1. The molecule has 1 aliphatic carbocycles. The molecule has 3 atom stereocenters. The van der Waals surface area contributed by atoms with Crippen molar-refractivity contribution in [3.05, 3.63) is 34.9 Å². The Balaban J connectivity index is 1.28. The summed E-state index contributed by atoms with van der Waals surface area (Å²) >= 11 is 0. The van der Waals surface area contributed by atoms with Crippen molar-refractivity contribution in [1.82, 2.24) is 10.4 Å². The van der Waals surface area contributed by atoms with Gasteiger partial charge in [-0.2, -0.15) is 0 Å². The van der Waals surface area contributed by atoms with Gasteiger partial charge in [-0.15, -0.1) is 0 Å². The number of hydrogen-bond acceptors (Lipinski definition) is 5. The Kier molecular flexibility index (Phi) is 4.47. The van der Waals surface area contributed by atoms with Crippen LogP contribution in [-0.4, -0.2) is 54.6 Å². The molecule has 3 heterocycles. The van der Waals surface area contributed by atoms with Gasteiger partial charge in [0, 0.05) is 37.3 Å². The predicted molar refractivity (Wildman–Crippen MR) is 98.5 cm³/mol. The molecule has 3 saturated heterocycles. The maximum Gasteiger partial charge on any atom is 0.274 e. The largest absolute Gasteiger partial charge is 0.381 e. The second kappa shape index (κ2) is 6.85. The van der Waals surface area contributed by atoms with E-state index in [-0.39, 0.29) is 11.6 Å². The minimum Gasteiger partial charge on any atom is -0.381 e. The van der Waals surface area contributed by atoms with Crippen LogP contribution in [0.5, 0.6) is 0 Å². The van der Waals surface area contributed by atoms with Crippen LogP contribution in [0.3, 0.4) is 0 Å². The fourth-order valence-electron chi connectivity index (χ4n) is 5.47. The predicted octanol–water partition coefficient (Wildman–Crippen LogP) is 2.14. The molecule has 6 nitrogen and oxygen atoms in total. The van der Waals surface area contributed by atoms with Crippen molar-refractivity contribution in [1.29, 1.82) is 0 Å². The summed E-state index contributed by atoms with van der Waals surface area (Å²) in [6.07, 6.45) is 7.29. The summed E-state index contributed by atoms with van der Waals surface area (Å²) in [5.41, 5.74) is 5.05. The topological polar surface area (TPSA) is 74.3 Å². The molecule has 3 fully saturated rings. The molecule has 1 spiro atoms. The van der Waals surface area contributed by atoms with Crippen molar-refractivity contribution in [2.75, 3.05) is 26.3 Å². The Labute approximate surface area is 159 Å². The lowest BCUT2D eigenvalue weighted by Crippen LogP contribution is -2.48. The molecule has 0 radical (unpaired) electrons. The van der Waals surface area contributed by atoms with Gasteiger partial charge >= 0.3 is 0 Å². The van der Waals surface area contributed by atoms with E-state index in [2.05, 4.69) is 4.90 Å². The number of carbonyl (C=O) groups is 1. The number of likely N-dealkylation sites (tertiary alicyclic amines) is 1. The maximum absolute atomic E-state index is 11.8. The van der Waals surface area contributed by atoms with Crippen molar-refractivity contribution in [2.45, 2.75) is 50.9 Å². The Hall–Kier alpha value is -1.47. The fraction of sp³-hybridized carbons (Fsp3) is 0.667. The van der Waals surface area contributed by atoms with Crippen molar-refractivity contribution >= 4 is 5.91 Å². The van der Waals surface area contributed by atoms with Crippen molar-refractivity contribution in [3.8, 4) is 0 Å². The first-order valence-electron chi connectivity index (χ1n) is 10.2. The van der Waals surface area contributed by atoms with Crippen LogP contribution >= 0.6 is 0 Å². The van der Waals surface area contributed by atoms with Gasteiger partial charge in [-0.05, 0) is 67.7 Å². The van der Waals surface area contributed by atoms with Crippen LogP contribution in [0.2, 0.25) is 0 Å². The molecular formula is C21H28N2O4. The molecule has 0 aromatic heterocycles. The van der Waals surface area contributed by atoms with Gasteiger partial charge in [0.1, 0.15) is 12.3 Å². The third-order valence-electron chi connectivity index (χ3n) is 7.17. The molecule has 1 aromatic carbocycles. The van der Waals surface area contributed by atoms with Gasteiger partial charge in [-0.1, -0.05) is 6.07 Å². The highest BCUT2D eigenvalue weighted by atomic mass is 16.6. The first kappa shape index (κ1) is 17.6. The Morgan fingerprint density at radius 3 is 2.93 bits per heavy atom. The van der Waals surface area contributed by atoms with Gasteiger partial charge in [0.15, 0.2) is 0 Å². The van der Waals surface area contributed by atoms with Gasteiger partial charge < -0.3 is 9.47 Å². The second-order valence-corrected chi connectivity index (χ2v) is 8.71. The van der Waals surface area contributed by atoms with E-state index in [0.29, 0.717) is 11.7 Å². The van der Waals surface area contributed by atoms with Crippen molar-refractivity contribution in [2.24, 2.45) is 11.3 Å². The molecule has 2 unspecified atom stereocenters. The van der Waals surface area contributed by atoms with Crippen molar-refractivity contribution in [3.63, 3.8) is 0 Å². The van der Waals surface area contributed by atoms with Gasteiger partial charge in [-0.3, -0.25) is 14.9 Å². The number of nitrogens with zero attached hydrogens (tertiary/aromatic N) is 1. The van der Waals surface area contributed by atoms with E-state index in [1.165, 1.54) is 24.0 Å². The molecular weight excluding hydrogens is 344 g/mol. The van der Waals surface area contributed by atoms with Crippen LogP contribution in [0.25, 0.3) is 0 Å². The van der Waals surface area contributed by atoms with E-state index in [1.807, 2.05) is 12.1 Å². The molecule has 4 aliphatic rings. The van der Waals surface area contributed by atoms with Gasteiger partial charge in [0.05, 0.1) is 0 Å². The van der Waals surface area contributed by atoms with E-state index >= 15 is 0 Å². The SMILES string of the molecule is O=C(NO)c1ccc2c(c1)C[C@]1(CC2)CCN(CC2CCOCC2)C2OC21. The zero-order valence-electron chi connectivity index (χ0n) is 15.7. The monoisotopic (exact) mass is 372 g/mol. The van der Waals surface area contributed by atoms with Crippen LogP contribution in [0.4, 0.5) is 0 Å². The second-order valence-electron chi connectivity index (χ2n) is 8.71. The first-order chi connectivity index (χ1) is 13.2. The zero-order chi connectivity index (χ0) is 18.4. The van der Waals surface area contributed by atoms with Crippen LogP contribution in [0.15, 0.2) is 18.2 Å². The number of fused-ring (bicyclic) bond motifs is 3. The summed E-state index contributed by atoms with van der Waals surface area (Å²) in [7, 11) is 0. The third-order valence-corrected chi connectivity index (χ3v) is 7.17. The molecule has 0 saturated carbocycles. The summed E-state index contributed by atoms with van der Waals surface area (Å²) < 4.78 is 11.7. The van der Waals surface area contributed by atoms with Gasteiger partial charge in [0.25, 0.3) is 5.91 Å². The minimum atomic E-state index is -0.441. The minimum absolute atomic E-state index is 0.207. The van der Waals surface area contributed by atoms with Crippen LogP contribution in [0.1, 0.15) is 47.2 Å². The average molecular weight is 372 g/mol. The number of hydrogen-bond donors (Lipinski definition) is 2. The molecule has 2 N–H and O–H groups in total. The lowest BCUT2D eigenvalue weighted by molar-refractivity contribution is 0.0362. The van der Waals surface area contributed by atoms with Crippen LogP contribution in [-0.2, 0) is 22.3 Å². The lowest BCUT2D eigenvalue weighted by Gasteiger charge is -2.42. The summed E-state index contributed by atoms with van der Waals surface area (Å²) in [6, 6.07) is 5.79. The number of hydroxylamine groups is 1. The summed E-state index contributed by atoms with van der Waals surface area (Å²) in [6.45, 7) is 4.04. The Morgan fingerprint density at radius 2 is 2.11 bits per heavy atom. The number of aryl methyl sites for hydroxylation is 1. The van der Waals surface area contributed by atoms with Gasteiger partial charge in [0.2, 0.25) is 0 Å². The molecule has 27 heavy (non-hydrogen) atoms. The van der Waals surface area contributed by atoms with E-state index in [4.69, 9.17) is 14.7 Å². The maximum atomic E-state index is 11.8. The molecule has 1 amide bonds. The molecule has 6 heteroatoms. The third kappa shape index (κ3) is 3.18.